The summed E-state index contributed by atoms with van der Waals surface area (Å²) in [4.78, 5) is 20.7. The Morgan fingerprint density at radius 2 is 0.712 bits per heavy atom. The van der Waals surface area contributed by atoms with E-state index in [2.05, 4.69) is 158 Å². The van der Waals surface area contributed by atoms with E-state index >= 15 is 0 Å². The maximum atomic E-state index is 5.32. The van der Waals surface area contributed by atoms with Crippen molar-refractivity contribution in [2.75, 3.05) is 0 Å². The van der Waals surface area contributed by atoms with Crippen LogP contribution >= 0.6 is 0 Å². The van der Waals surface area contributed by atoms with Crippen LogP contribution < -0.4 is 0 Å². The Bertz CT molecular complexity index is 2780. The molecule has 0 bridgehead atoms. The van der Waals surface area contributed by atoms with E-state index in [1.807, 2.05) is 60.8 Å². The van der Waals surface area contributed by atoms with Crippen molar-refractivity contribution in [1.29, 1.82) is 0 Å². The maximum absolute atomic E-state index is 5.32. The van der Waals surface area contributed by atoms with Crippen molar-refractivity contribution in [3.63, 3.8) is 0 Å². The summed E-state index contributed by atoms with van der Waals surface area (Å²) in [5, 5.41) is 2.18. The fourth-order valence-corrected chi connectivity index (χ4v) is 7.54. The molecule has 8 aromatic carbocycles. The molecule has 2 heterocycles. The smallest absolute Gasteiger partial charge is 0.164 e. The molecule has 0 atom stereocenters. The summed E-state index contributed by atoms with van der Waals surface area (Å²) < 4.78 is 0. The van der Waals surface area contributed by atoms with Crippen LogP contribution in [0.25, 0.3) is 101 Å². The van der Waals surface area contributed by atoms with E-state index in [0.717, 1.165) is 83.2 Å². The molecule has 0 aliphatic rings. The Labute approximate surface area is 357 Å². The van der Waals surface area contributed by atoms with E-state index in [9.17, 15) is 0 Å². The number of pyridine rings is 1. The van der Waals surface area contributed by atoms with Gasteiger partial charge in [-0.05, 0) is 103 Å². The number of aromatic nitrogens is 4. The van der Waals surface area contributed by atoms with Gasteiger partial charge < -0.3 is 4.98 Å². The molecule has 0 amide bonds. The molecule has 4 nitrogen and oxygen atoms in total. The first-order valence-corrected chi connectivity index (χ1v) is 19.4. The zero-order chi connectivity index (χ0) is 38.7. The molecule has 0 fully saturated rings. The monoisotopic (exact) mass is 932 g/mol. The minimum Gasteiger partial charge on any atom is -0.304 e. The number of rotatable bonds is 8. The van der Waals surface area contributed by atoms with Crippen LogP contribution in [0.1, 0.15) is 0 Å². The molecule has 0 saturated carbocycles. The molecule has 1 radical (unpaired) electrons. The number of hydrogen-bond donors (Lipinski definition) is 0. The summed E-state index contributed by atoms with van der Waals surface area (Å²) in [5.74, 6) is 1.73. The normalized spacial score (nSPS) is 10.9. The number of hydrogen-bond acceptors (Lipinski definition) is 4. The van der Waals surface area contributed by atoms with Crippen molar-refractivity contribution < 1.29 is 20.1 Å². The van der Waals surface area contributed by atoms with Gasteiger partial charge in [-0.15, -0.1) is 29.8 Å². The quantitative estimate of drug-likeness (QED) is 0.142. The number of fused-ring (bicyclic) bond motifs is 1. The van der Waals surface area contributed by atoms with E-state index in [0.29, 0.717) is 17.5 Å². The number of benzene rings is 8. The van der Waals surface area contributed by atoms with Gasteiger partial charge in [0, 0.05) is 37.4 Å². The van der Waals surface area contributed by atoms with Crippen LogP contribution in [0.2, 0.25) is 0 Å². The van der Waals surface area contributed by atoms with Gasteiger partial charge in [0.05, 0.1) is 0 Å². The van der Waals surface area contributed by atoms with Gasteiger partial charge in [0.25, 0.3) is 0 Å². The first-order chi connectivity index (χ1) is 28.7. The molecule has 10 rings (SSSR count). The Hall–Kier alpha value is -7.17. The summed E-state index contributed by atoms with van der Waals surface area (Å²) in [7, 11) is 0. The predicted octanol–water partition coefficient (Wildman–Crippen LogP) is 13.6. The van der Waals surface area contributed by atoms with Crippen LogP contribution in [-0.2, 0) is 20.1 Å². The average molecular weight is 932 g/mol. The molecule has 0 N–H and O–H groups in total. The van der Waals surface area contributed by atoms with Crippen molar-refractivity contribution in [2.24, 2.45) is 0 Å². The third kappa shape index (κ3) is 7.90. The fourth-order valence-electron chi connectivity index (χ4n) is 7.54. The Kier molecular flexibility index (Phi) is 10.6. The van der Waals surface area contributed by atoms with Gasteiger partial charge in [0.15, 0.2) is 11.6 Å². The van der Waals surface area contributed by atoms with Crippen LogP contribution in [0.4, 0.5) is 0 Å². The standard InChI is InChI=1S/C54H35N4.Ir/c1-5-16-37(17-6-1)44-31-45(38-18-7-2-8-19-38)34-48(33-44)53-56-52(43-26-15-25-42(30-43)51-50-27-14-13-24-41(50)28-29-55-51)57-54(58-53)49-35-46(39-20-9-3-10-21-39)32-47(36-49)40-22-11-4-12-23-40;/h1-24,26-36H;/q-1;. The maximum Gasteiger partial charge on any atom is 0.164 e. The molecule has 10 aromatic rings. The van der Waals surface area contributed by atoms with Crippen LogP contribution in [0.15, 0.2) is 212 Å². The van der Waals surface area contributed by atoms with Crippen LogP contribution in [-0.4, -0.2) is 19.9 Å². The molecular formula is C54H35IrN4-. The van der Waals surface area contributed by atoms with Gasteiger partial charge >= 0.3 is 0 Å². The van der Waals surface area contributed by atoms with E-state index in [1.54, 1.807) is 0 Å². The topological polar surface area (TPSA) is 51.6 Å². The van der Waals surface area contributed by atoms with Gasteiger partial charge in [0.1, 0.15) is 5.82 Å². The van der Waals surface area contributed by atoms with Crippen molar-refractivity contribution in [3.05, 3.63) is 219 Å². The van der Waals surface area contributed by atoms with Gasteiger partial charge in [-0.25, -0.2) is 15.0 Å². The average Bonchev–Trinajstić information content (AvgIpc) is 3.32. The van der Waals surface area contributed by atoms with Crippen molar-refractivity contribution in [2.45, 2.75) is 0 Å². The van der Waals surface area contributed by atoms with Crippen LogP contribution in [0.3, 0.4) is 0 Å². The van der Waals surface area contributed by atoms with Crippen LogP contribution in [0.5, 0.6) is 0 Å². The summed E-state index contributed by atoms with van der Waals surface area (Å²) in [6.45, 7) is 0. The van der Waals surface area contributed by atoms with Gasteiger partial charge in [-0.2, -0.15) is 0 Å². The molecular weight excluding hydrogens is 897 g/mol. The molecule has 0 unspecified atom stereocenters. The largest absolute Gasteiger partial charge is 0.304 e. The van der Waals surface area contributed by atoms with Crippen molar-refractivity contribution >= 4 is 10.8 Å². The zero-order valence-electron chi connectivity index (χ0n) is 31.8. The summed E-state index contributed by atoms with van der Waals surface area (Å²) in [5.41, 5.74) is 13.1. The van der Waals surface area contributed by atoms with Crippen LogP contribution in [0, 0.1) is 6.07 Å². The van der Waals surface area contributed by atoms with E-state index in [4.69, 9.17) is 19.9 Å². The molecule has 0 saturated heterocycles. The molecule has 281 valence electrons. The Morgan fingerprint density at radius 3 is 1.17 bits per heavy atom. The summed E-state index contributed by atoms with van der Waals surface area (Å²) >= 11 is 0. The minimum atomic E-state index is 0. The predicted molar refractivity (Wildman–Crippen MR) is 237 cm³/mol. The molecule has 2 aromatic heterocycles. The first kappa shape index (κ1) is 37.4. The second-order valence-corrected chi connectivity index (χ2v) is 14.2. The van der Waals surface area contributed by atoms with E-state index in [1.165, 1.54) is 0 Å². The second kappa shape index (κ2) is 16.7. The Balaban J connectivity index is 0.00000449. The summed E-state index contributed by atoms with van der Waals surface area (Å²) in [6, 6.07) is 74.9. The third-order valence-corrected chi connectivity index (χ3v) is 10.4. The Morgan fingerprint density at radius 1 is 0.322 bits per heavy atom. The zero-order valence-corrected chi connectivity index (χ0v) is 34.2. The SMILES string of the molecule is [Ir].[c-]1ccc(-c2nc(-c3cc(-c4ccccc4)cc(-c4ccccc4)c3)nc(-c3cc(-c4ccccc4)cc(-c4ccccc4)c3)n2)cc1-c1nccc2ccccc12. The first-order valence-electron chi connectivity index (χ1n) is 19.4. The molecule has 0 spiro atoms. The fraction of sp³-hybridized carbons (Fsp3) is 0. The van der Waals surface area contributed by atoms with Crippen molar-refractivity contribution in [3.8, 4) is 89.9 Å². The molecule has 59 heavy (non-hydrogen) atoms. The van der Waals surface area contributed by atoms with Crippen molar-refractivity contribution in [1.82, 2.24) is 19.9 Å². The van der Waals surface area contributed by atoms with E-state index < -0.39 is 0 Å². The second-order valence-electron chi connectivity index (χ2n) is 14.2. The minimum absolute atomic E-state index is 0. The van der Waals surface area contributed by atoms with Gasteiger partial charge in [-0.1, -0.05) is 151 Å². The molecule has 0 aliphatic carbocycles. The van der Waals surface area contributed by atoms with Gasteiger partial charge in [-0.3, -0.25) is 0 Å². The number of nitrogens with zero attached hydrogens (tertiary/aromatic N) is 4. The third-order valence-electron chi connectivity index (χ3n) is 10.4. The van der Waals surface area contributed by atoms with Gasteiger partial charge in [0.2, 0.25) is 0 Å². The molecule has 0 aliphatic heterocycles. The molecule has 5 heteroatoms. The summed E-state index contributed by atoms with van der Waals surface area (Å²) in [6.07, 6.45) is 1.85. The van der Waals surface area contributed by atoms with E-state index in [-0.39, 0.29) is 20.1 Å².